The molecule has 1 aromatic carbocycles. The Morgan fingerprint density at radius 1 is 1.35 bits per heavy atom. The first-order valence-corrected chi connectivity index (χ1v) is 7.26. The molecule has 2 amide bonds. The zero-order valence-corrected chi connectivity index (χ0v) is 13.6. The Bertz CT molecular complexity index is 526. The van der Waals surface area contributed by atoms with Crippen LogP contribution in [-0.2, 0) is 4.79 Å². The van der Waals surface area contributed by atoms with Crippen LogP contribution < -0.4 is 10.6 Å². The Morgan fingerprint density at radius 2 is 2.00 bits per heavy atom. The standard InChI is InChI=1S/C12H13BrCl2N2O3/c1-6(4-9(18)19)5-16-12(20)17-8-3-2-7(13)10(14)11(8)15/h2-3,6H,4-5H2,1H3,(H,18,19)(H2,16,17,20). The molecule has 0 radical (unpaired) electrons. The van der Waals surface area contributed by atoms with Crippen molar-refractivity contribution in [3.63, 3.8) is 0 Å². The largest absolute Gasteiger partial charge is 0.481 e. The Labute approximate surface area is 134 Å². The maximum atomic E-state index is 11.7. The molecule has 1 atom stereocenters. The smallest absolute Gasteiger partial charge is 0.319 e. The summed E-state index contributed by atoms with van der Waals surface area (Å²) in [7, 11) is 0. The van der Waals surface area contributed by atoms with Gasteiger partial charge in [0.1, 0.15) is 0 Å². The first-order valence-electron chi connectivity index (χ1n) is 5.71. The Balaban J connectivity index is 2.55. The molecule has 0 aliphatic carbocycles. The van der Waals surface area contributed by atoms with Crippen molar-refractivity contribution in [3.8, 4) is 0 Å². The predicted octanol–water partition coefficient (Wildman–Crippen LogP) is 3.99. The summed E-state index contributed by atoms with van der Waals surface area (Å²) < 4.78 is 0.630. The minimum atomic E-state index is -0.901. The van der Waals surface area contributed by atoms with Gasteiger partial charge in [0.05, 0.1) is 15.7 Å². The number of hydrogen-bond donors (Lipinski definition) is 3. The summed E-state index contributed by atoms with van der Waals surface area (Å²) in [6.45, 7) is 1.98. The normalized spacial score (nSPS) is 11.8. The Kier molecular flexibility index (Phi) is 6.58. The van der Waals surface area contributed by atoms with Crippen molar-refractivity contribution in [1.29, 1.82) is 0 Å². The number of nitrogens with one attached hydrogen (secondary N) is 2. The molecule has 0 saturated carbocycles. The molecule has 0 spiro atoms. The average molecular weight is 384 g/mol. The van der Waals surface area contributed by atoms with Crippen LogP contribution in [0.5, 0.6) is 0 Å². The zero-order chi connectivity index (χ0) is 15.3. The molecular formula is C12H13BrCl2N2O3. The first kappa shape index (κ1) is 17.1. The second-order valence-corrected chi connectivity index (χ2v) is 5.87. The molecule has 1 aromatic rings. The van der Waals surface area contributed by atoms with Gasteiger partial charge in [-0.25, -0.2) is 4.79 Å². The summed E-state index contributed by atoms with van der Waals surface area (Å²) in [5, 5.41) is 14.3. The van der Waals surface area contributed by atoms with Gasteiger partial charge in [-0.3, -0.25) is 4.79 Å². The Hall–Kier alpha value is -0.980. The van der Waals surface area contributed by atoms with Gasteiger partial charge in [-0.05, 0) is 34.0 Å². The van der Waals surface area contributed by atoms with E-state index in [1.807, 2.05) is 0 Å². The highest BCUT2D eigenvalue weighted by molar-refractivity contribution is 9.10. The van der Waals surface area contributed by atoms with Crippen molar-refractivity contribution in [3.05, 3.63) is 26.7 Å². The van der Waals surface area contributed by atoms with E-state index in [1.165, 1.54) is 0 Å². The third kappa shape index (κ3) is 5.19. The van der Waals surface area contributed by atoms with Crippen LogP contribution in [0, 0.1) is 5.92 Å². The number of aliphatic carboxylic acids is 1. The van der Waals surface area contributed by atoms with E-state index in [0.717, 1.165) is 0 Å². The number of carbonyl (C=O) groups is 2. The van der Waals surface area contributed by atoms with Crippen molar-refractivity contribution in [1.82, 2.24) is 5.32 Å². The molecule has 20 heavy (non-hydrogen) atoms. The van der Waals surface area contributed by atoms with E-state index in [2.05, 4.69) is 26.6 Å². The van der Waals surface area contributed by atoms with Gasteiger partial charge in [-0.15, -0.1) is 0 Å². The zero-order valence-electron chi connectivity index (χ0n) is 10.5. The number of halogens is 3. The minimum absolute atomic E-state index is 0.00878. The number of urea groups is 1. The summed E-state index contributed by atoms with van der Waals surface area (Å²) in [5.74, 6) is -1.07. The van der Waals surface area contributed by atoms with Gasteiger partial charge in [0.25, 0.3) is 0 Å². The lowest BCUT2D eigenvalue weighted by atomic mass is 10.1. The van der Waals surface area contributed by atoms with Gasteiger partial charge in [-0.1, -0.05) is 30.1 Å². The first-order chi connectivity index (χ1) is 9.31. The quantitative estimate of drug-likeness (QED) is 0.672. The number of carboxylic acids is 1. The maximum Gasteiger partial charge on any atom is 0.319 e. The minimum Gasteiger partial charge on any atom is -0.481 e. The number of amides is 2. The van der Waals surface area contributed by atoms with Gasteiger partial charge in [-0.2, -0.15) is 0 Å². The van der Waals surface area contributed by atoms with Crippen LogP contribution in [0.1, 0.15) is 13.3 Å². The molecule has 5 nitrogen and oxygen atoms in total. The molecular weight excluding hydrogens is 371 g/mol. The number of benzene rings is 1. The van der Waals surface area contributed by atoms with Gasteiger partial charge in [0, 0.05) is 17.4 Å². The molecule has 0 saturated heterocycles. The predicted molar refractivity (Wildman–Crippen MR) is 82.6 cm³/mol. The topological polar surface area (TPSA) is 78.4 Å². The Morgan fingerprint density at radius 3 is 2.60 bits per heavy atom. The van der Waals surface area contributed by atoms with Crippen LogP contribution in [0.25, 0.3) is 0 Å². The highest BCUT2D eigenvalue weighted by Crippen LogP contribution is 2.35. The van der Waals surface area contributed by atoms with Crippen LogP contribution in [0.3, 0.4) is 0 Å². The van der Waals surface area contributed by atoms with Crippen molar-refractivity contribution >= 4 is 56.8 Å². The van der Waals surface area contributed by atoms with Gasteiger partial charge in [0.2, 0.25) is 0 Å². The summed E-state index contributed by atoms with van der Waals surface area (Å²) in [5.41, 5.74) is 0.378. The van der Waals surface area contributed by atoms with Crippen molar-refractivity contribution < 1.29 is 14.7 Å². The summed E-state index contributed by atoms with van der Waals surface area (Å²) in [4.78, 5) is 22.2. The molecule has 0 aromatic heterocycles. The van der Waals surface area contributed by atoms with Crippen molar-refractivity contribution in [2.45, 2.75) is 13.3 Å². The van der Waals surface area contributed by atoms with Gasteiger partial charge in [0.15, 0.2) is 0 Å². The van der Waals surface area contributed by atoms with E-state index >= 15 is 0 Å². The summed E-state index contributed by atoms with van der Waals surface area (Å²) in [6, 6.07) is 2.80. The monoisotopic (exact) mass is 382 g/mol. The number of rotatable bonds is 5. The molecule has 1 unspecified atom stereocenters. The summed E-state index contributed by atoms with van der Waals surface area (Å²) in [6.07, 6.45) is -0.00878. The van der Waals surface area contributed by atoms with Crippen molar-refractivity contribution in [2.75, 3.05) is 11.9 Å². The molecule has 3 N–H and O–H groups in total. The fourth-order valence-corrected chi connectivity index (χ4v) is 2.25. The van der Waals surface area contributed by atoms with Gasteiger partial charge >= 0.3 is 12.0 Å². The number of anilines is 1. The number of carboxylic acid groups (broad SMARTS) is 1. The lowest BCUT2D eigenvalue weighted by Gasteiger charge is -2.13. The lowest BCUT2D eigenvalue weighted by Crippen LogP contribution is -2.33. The van der Waals surface area contributed by atoms with E-state index in [0.29, 0.717) is 15.2 Å². The SMILES string of the molecule is CC(CNC(=O)Nc1ccc(Br)c(Cl)c1Cl)CC(=O)O. The van der Waals surface area contributed by atoms with Crippen LogP contribution >= 0.6 is 39.1 Å². The van der Waals surface area contributed by atoms with E-state index < -0.39 is 12.0 Å². The summed E-state index contributed by atoms with van der Waals surface area (Å²) >= 11 is 15.1. The molecule has 1 rings (SSSR count). The van der Waals surface area contributed by atoms with Crippen LogP contribution in [0.4, 0.5) is 10.5 Å². The fraction of sp³-hybridized carbons (Fsp3) is 0.333. The number of hydrogen-bond acceptors (Lipinski definition) is 2. The van der Waals surface area contributed by atoms with Crippen molar-refractivity contribution in [2.24, 2.45) is 5.92 Å². The van der Waals surface area contributed by atoms with E-state index in [1.54, 1.807) is 19.1 Å². The van der Waals surface area contributed by atoms with E-state index in [-0.39, 0.29) is 23.9 Å². The maximum absolute atomic E-state index is 11.7. The second-order valence-electron chi connectivity index (χ2n) is 4.26. The van der Waals surface area contributed by atoms with Crippen LogP contribution in [-0.4, -0.2) is 23.7 Å². The molecule has 110 valence electrons. The molecule has 0 heterocycles. The average Bonchev–Trinajstić information content (AvgIpc) is 2.36. The molecule has 0 bridgehead atoms. The molecule has 8 heteroatoms. The highest BCUT2D eigenvalue weighted by Gasteiger charge is 2.12. The van der Waals surface area contributed by atoms with Crippen LogP contribution in [0.2, 0.25) is 10.0 Å². The third-order valence-electron chi connectivity index (χ3n) is 2.42. The van der Waals surface area contributed by atoms with E-state index in [4.69, 9.17) is 28.3 Å². The van der Waals surface area contributed by atoms with Gasteiger partial charge < -0.3 is 15.7 Å². The lowest BCUT2D eigenvalue weighted by molar-refractivity contribution is -0.137. The van der Waals surface area contributed by atoms with Crippen LogP contribution in [0.15, 0.2) is 16.6 Å². The third-order valence-corrected chi connectivity index (χ3v) is 4.19. The molecule has 0 aliphatic heterocycles. The highest BCUT2D eigenvalue weighted by atomic mass is 79.9. The van der Waals surface area contributed by atoms with E-state index in [9.17, 15) is 9.59 Å². The second kappa shape index (κ2) is 7.71. The number of carbonyl (C=O) groups excluding carboxylic acids is 1. The molecule has 0 fully saturated rings. The fourth-order valence-electron chi connectivity index (χ4n) is 1.43. The molecule has 0 aliphatic rings.